The van der Waals surface area contributed by atoms with Crippen LogP contribution in [0.3, 0.4) is 0 Å². The van der Waals surface area contributed by atoms with Crippen molar-refractivity contribution in [1.82, 2.24) is 19.6 Å². The summed E-state index contributed by atoms with van der Waals surface area (Å²) in [4.78, 5) is 0. The normalized spacial score (nSPS) is 21.9. The van der Waals surface area contributed by atoms with Gasteiger partial charge >= 0.3 is 0 Å². The molecule has 108 valence electrons. The van der Waals surface area contributed by atoms with Crippen LogP contribution in [0.25, 0.3) is 0 Å². The second kappa shape index (κ2) is 4.57. The molecule has 0 saturated carbocycles. The third kappa shape index (κ3) is 2.07. The van der Waals surface area contributed by atoms with Gasteiger partial charge in [-0.1, -0.05) is 0 Å². The monoisotopic (exact) mass is 281 g/mol. The highest BCUT2D eigenvalue weighted by Crippen LogP contribution is 2.38. The number of rotatable bonds is 2. The number of hydrogen-bond donors (Lipinski definition) is 1. The molecule has 1 aliphatic heterocycles. The smallest absolute Gasteiger partial charge is 0.260 e. The van der Waals surface area contributed by atoms with Crippen LogP contribution >= 0.6 is 0 Å². The standard InChI is InChI=1S/C13H17F2N5/c1-7-4-12-16-10(9-6-19(3)18-8(9)2)5-11(13(14)15)20(12)17-7/h4,6,10-11,13,16H,5H2,1-3H3/t10-,11-/m0/s1. The predicted octanol–water partition coefficient (Wildman–Crippen LogP) is 2.60. The van der Waals surface area contributed by atoms with Crippen LogP contribution in [-0.4, -0.2) is 26.0 Å². The fraction of sp³-hybridized carbons (Fsp3) is 0.538. The Balaban J connectivity index is 1.99. The van der Waals surface area contributed by atoms with E-state index in [-0.39, 0.29) is 6.04 Å². The zero-order valence-electron chi connectivity index (χ0n) is 11.6. The number of aromatic nitrogens is 4. The molecular weight excluding hydrogens is 264 g/mol. The highest BCUT2D eigenvalue weighted by atomic mass is 19.3. The molecule has 0 spiro atoms. The number of aryl methyl sites for hydroxylation is 3. The summed E-state index contributed by atoms with van der Waals surface area (Å²) in [7, 11) is 1.83. The zero-order valence-corrected chi connectivity index (χ0v) is 11.6. The van der Waals surface area contributed by atoms with Crippen LogP contribution in [0, 0.1) is 13.8 Å². The molecule has 1 aliphatic rings. The molecule has 5 nitrogen and oxygen atoms in total. The van der Waals surface area contributed by atoms with E-state index in [1.165, 1.54) is 4.68 Å². The van der Waals surface area contributed by atoms with Gasteiger partial charge in [0.1, 0.15) is 11.9 Å². The van der Waals surface area contributed by atoms with Crippen LogP contribution in [0.5, 0.6) is 0 Å². The Bertz CT molecular complexity index is 631. The van der Waals surface area contributed by atoms with Gasteiger partial charge in [0.15, 0.2) is 0 Å². The molecule has 20 heavy (non-hydrogen) atoms. The molecule has 0 unspecified atom stereocenters. The number of fused-ring (bicyclic) bond motifs is 1. The van der Waals surface area contributed by atoms with Gasteiger partial charge in [0.25, 0.3) is 6.43 Å². The summed E-state index contributed by atoms with van der Waals surface area (Å²) >= 11 is 0. The topological polar surface area (TPSA) is 47.7 Å². The van der Waals surface area contributed by atoms with Crippen molar-refractivity contribution in [2.45, 2.75) is 38.8 Å². The molecule has 2 aromatic rings. The first-order valence-corrected chi connectivity index (χ1v) is 6.56. The van der Waals surface area contributed by atoms with Gasteiger partial charge in [-0.05, 0) is 20.3 Å². The second-order valence-electron chi connectivity index (χ2n) is 5.29. The molecular formula is C13H17F2N5. The molecule has 3 rings (SSSR count). The number of nitrogens with one attached hydrogen (secondary N) is 1. The van der Waals surface area contributed by atoms with Gasteiger partial charge in [-0.2, -0.15) is 10.2 Å². The third-order valence-corrected chi connectivity index (χ3v) is 3.69. The fourth-order valence-electron chi connectivity index (χ4n) is 2.83. The summed E-state index contributed by atoms with van der Waals surface area (Å²) in [5, 5.41) is 11.7. The quantitative estimate of drug-likeness (QED) is 0.920. The highest BCUT2D eigenvalue weighted by Gasteiger charge is 2.35. The SMILES string of the molecule is Cc1cc2n(n1)[C@H](C(F)F)C[C@@H](c1cn(C)nc1C)N2. The number of nitrogens with zero attached hydrogens (tertiary/aromatic N) is 4. The van der Waals surface area contributed by atoms with Crippen molar-refractivity contribution in [1.29, 1.82) is 0 Å². The third-order valence-electron chi connectivity index (χ3n) is 3.69. The molecule has 0 fully saturated rings. The van der Waals surface area contributed by atoms with E-state index in [0.29, 0.717) is 12.2 Å². The molecule has 0 saturated heterocycles. The first kappa shape index (κ1) is 13.1. The molecule has 0 amide bonds. The minimum absolute atomic E-state index is 0.161. The lowest BCUT2D eigenvalue weighted by Gasteiger charge is -2.31. The Morgan fingerprint density at radius 3 is 2.70 bits per heavy atom. The summed E-state index contributed by atoms with van der Waals surface area (Å²) in [5.74, 6) is 0.646. The maximum Gasteiger partial charge on any atom is 0.260 e. The maximum absolute atomic E-state index is 13.3. The summed E-state index contributed by atoms with van der Waals surface area (Å²) in [6.45, 7) is 3.70. The Hall–Kier alpha value is -1.92. The average molecular weight is 281 g/mol. The van der Waals surface area contributed by atoms with Gasteiger partial charge < -0.3 is 5.32 Å². The predicted molar refractivity (Wildman–Crippen MR) is 70.9 cm³/mol. The van der Waals surface area contributed by atoms with Crippen molar-refractivity contribution in [3.05, 3.63) is 29.2 Å². The minimum Gasteiger partial charge on any atom is -0.363 e. The van der Waals surface area contributed by atoms with E-state index in [1.54, 1.807) is 17.7 Å². The first-order valence-electron chi connectivity index (χ1n) is 6.56. The minimum atomic E-state index is -2.44. The molecule has 0 bridgehead atoms. The van der Waals surface area contributed by atoms with E-state index >= 15 is 0 Å². The summed E-state index contributed by atoms with van der Waals surface area (Å²) in [6, 6.07) is 0.739. The van der Waals surface area contributed by atoms with Crippen LogP contribution in [-0.2, 0) is 7.05 Å². The lowest BCUT2D eigenvalue weighted by molar-refractivity contribution is 0.0657. The van der Waals surface area contributed by atoms with E-state index in [1.807, 2.05) is 20.2 Å². The van der Waals surface area contributed by atoms with Crippen molar-refractivity contribution in [3.8, 4) is 0 Å². The van der Waals surface area contributed by atoms with Gasteiger partial charge in [-0.25, -0.2) is 13.5 Å². The van der Waals surface area contributed by atoms with Gasteiger partial charge in [0.05, 0.1) is 17.4 Å². The summed E-state index contributed by atoms with van der Waals surface area (Å²) < 4.78 is 29.7. The van der Waals surface area contributed by atoms with Crippen molar-refractivity contribution < 1.29 is 8.78 Å². The molecule has 7 heteroatoms. The maximum atomic E-state index is 13.3. The number of halogens is 2. The highest BCUT2D eigenvalue weighted by molar-refractivity contribution is 5.43. The van der Waals surface area contributed by atoms with Crippen LogP contribution in [0.2, 0.25) is 0 Å². The number of alkyl halides is 2. The Labute approximate surface area is 115 Å². The lowest BCUT2D eigenvalue weighted by Crippen LogP contribution is -2.31. The van der Waals surface area contributed by atoms with Gasteiger partial charge in [-0.15, -0.1) is 0 Å². The summed E-state index contributed by atoms with van der Waals surface area (Å²) in [5.41, 5.74) is 2.56. The Morgan fingerprint density at radius 2 is 2.10 bits per heavy atom. The van der Waals surface area contributed by atoms with Crippen LogP contribution < -0.4 is 5.32 Å². The van der Waals surface area contributed by atoms with Gasteiger partial charge in [0.2, 0.25) is 0 Å². The average Bonchev–Trinajstić information content (AvgIpc) is 2.88. The van der Waals surface area contributed by atoms with E-state index in [4.69, 9.17) is 0 Å². The molecule has 1 N–H and O–H groups in total. The Kier molecular flexibility index (Phi) is 2.99. The first-order chi connectivity index (χ1) is 9.45. The Morgan fingerprint density at radius 1 is 1.35 bits per heavy atom. The second-order valence-corrected chi connectivity index (χ2v) is 5.29. The number of hydrogen-bond acceptors (Lipinski definition) is 3. The van der Waals surface area contributed by atoms with Crippen LogP contribution in [0.4, 0.5) is 14.6 Å². The van der Waals surface area contributed by atoms with E-state index in [9.17, 15) is 8.78 Å². The molecule has 0 aliphatic carbocycles. The van der Waals surface area contributed by atoms with Crippen molar-refractivity contribution >= 4 is 5.82 Å². The van der Waals surface area contributed by atoms with Gasteiger partial charge in [-0.3, -0.25) is 4.68 Å². The summed E-state index contributed by atoms with van der Waals surface area (Å²) in [6.07, 6.45) is -0.248. The largest absolute Gasteiger partial charge is 0.363 e. The van der Waals surface area contributed by atoms with Crippen molar-refractivity contribution in [3.63, 3.8) is 0 Å². The lowest BCUT2D eigenvalue weighted by atomic mass is 9.98. The van der Waals surface area contributed by atoms with E-state index < -0.39 is 12.5 Å². The van der Waals surface area contributed by atoms with Crippen LogP contribution in [0.15, 0.2) is 12.3 Å². The van der Waals surface area contributed by atoms with E-state index in [0.717, 1.165) is 17.0 Å². The zero-order chi connectivity index (χ0) is 14.4. The molecule has 0 radical (unpaired) electrons. The van der Waals surface area contributed by atoms with Crippen molar-refractivity contribution in [2.24, 2.45) is 7.05 Å². The van der Waals surface area contributed by atoms with E-state index in [2.05, 4.69) is 15.5 Å². The fourth-order valence-corrected chi connectivity index (χ4v) is 2.83. The molecule has 2 atom stereocenters. The molecule has 2 aromatic heterocycles. The van der Waals surface area contributed by atoms with Crippen LogP contribution in [0.1, 0.15) is 35.5 Å². The number of anilines is 1. The molecule has 0 aromatic carbocycles. The van der Waals surface area contributed by atoms with Gasteiger partial charge in [0, 0.05) is 24.9 Å². The molecule has 3 heterocycles. The van der Waals surface area contributed by atoms with Crippen molar-refractivity contribution in [2.75, 3.05) is 5.32 Å².